The number of rotatable bonds is 9. The van der Waals surface area contributed by atoms with Crippen molar-refractivity contribution in [3.8, 4) is 0 Å². The fourth-order valence-corrected chi connectivity index (χ4v) is 4.36. The van der Waals surface area contributed by atoms with E-state index in [0.29, 0.717) is 19.7 Å². The van der Waals surface area contributed by atoms with Crippen molar-refractivity contribution in [2.45, 2.75) is 77.2 Å². The molecule has 0 saturated carbocycles. The maximum absolute atomic E-state index is 12.4. The predicted molar refractivity (Wildman–Crippen MR) is 99.5 cm³/mol. The average Bonchev–Trinajstić information content (AvgIpc) is 3.04. The monoisotopic (exact) mass is 385 g/mol. The van der Waals surface area contributed by atoms with Gasteiger partial charge < -0.3 is 9.30 Å². The van der Waals surface area contributed by atoms with Crippen molar-refractivity contribution in [1.82, 2.24) is 14.5 Å². The van der Waals surface area contributed by atoms with Crippen LogP contribution in [-0.4, -0.2) is 53.8 Å². The highest BCUT2D eigenvalue weighted by Crippen LogP contribution is 2.23. The fourth-order valence-electron chi connectivity index (χ4n) is 3.34. The number of unbranched alkanes of at least 4 members (excludes halogenated alkanes) is 1. The molecule has 2 heterocycles. The Hall–Kier alpha value is -1.41. The van der Waals surface area contributed by atoms with Crippen molar-refractivity contribution in [2.24, 2.45) is 0 Å². The van der Waals surface area contributed by atoms with E-state index in [9.17, 15) is 13.2 Å². The number of imidazole rings is 1. The average molecular weight is 386 g/mol. The number of nitrogens with zero attached hydrogens (tertiary/aromatic N) is 3. The Bertz CT molecular complexity index is 699. The molecule has 1 unspecified atom stereocenters. The molecule has 1 fully saturated rings. The molecule has 1 aliphatic heterocycles. The maximum Gasteiger partial charge on any atom is 0.323 e. The van der Waals surface area contributed by atoms with Crippen LogP contribution in [0.2, 0.25) is 0 Å². The Labute approximate surface area is 156 Å². The van der Waals surface area contributed by atoms with Crippen molar-refractivity contribution < 1.29 is 17.9 Å². The molecule has 0 bridgehead atoms. The minimum atomic E-state index is -3.38. The van der Waals surface area contributed by atoms with Gasteiger partial charge in [0.25, 0.3) is 0 Å². The van der Waals surface area contributed by atoms with Crippen LogP contribution in [0, 0.1) is 0 Å². The van der Waals surface area contributed by atoms with Crippen molar-refractivity contribution in [3.63, 3.8) is 0 Å². The van der Waals surface area contributed by atoms with Gasteiger partial charge in [0.2, 0.25) is 15.0 Å². The number of hydrogen-bond acceptors (Lipinski definition) is 6. The Morgan fingerprint density at radius 1 is 1.31 bits per heavy atom. The summed E-state index contributed by atoms with van der Waals surface area (Å²) in [6.07, 6.45) is 6.32. The Morgan fingerprint density at radius 3 is 2.73 bits per heavy atom. The third kappa shape index (κ3) is 4.85. The van der Waals surface area contributed by atoms with E-state index in [4.69, 9.17) is 4.74 Å². The highest BCUT2D eigenvalue weighted by molar-refractivity contribution is 7.91. The molecule has 0 amide bonds. The normalized spacial score (nSPS) is 18.8. The van der Waals surface area contributed by atoms with Crippen molar-refractivity contribution in [1.29, 1.82) is 0 Å². The van der Waals surface area contributed by atoms with Gasteiger partial charge in [0.1, 0.15) is 6.04 Å². The lowest BCUT2D eigenvalue weighted by Gasteiger charge is -2.34. The molecule has 0 N–H and O–H groups in total. The molecule has 0 spiro atoms. The van der Waals surface area contributed by atoms with Crippen LogP contribution < -0.4 is 0 Å². The molecule has 8 heteroatoms. The van der Waals surface area contributed by atoms with Gasteiger partial charge in [-0.1, -0.05) is 26.7 Å². The van der Waals surface area contributed by atoms with Crippen molar-refractivity contribution >= 4 is 15.8 Å². The molecule has 0 aromatic carbocycles. The van der Waals surface area contributed by atoms with Crippen LogP contribution in [-0.2, 0) is 32.5 Å². The number of piperidine rings is 1. The molecular weight excluding hydrogens is 354 g/mol. The van der Waals surface area contributed by atoms with Gasteiger partial charge in [0.05, 0.1) is 24.3 Å². The molecule has 7 nitrogen and oxygen atoms in total. The summed E-state index contributed by atoms with van der Waals surface area (Å²) in [6, 6.07) is -0.260. The Kier molecular flexibility index (Phi) is 7.64. The number of carbonyl (C=O) groups is 1. The molecule has 148 valence electrons. The number of hydrogen-bond donors (Lipinski definition) is 0. The van der Waals surface area contributed by atoms with Crippen LogP contribution in [0.3, 0.4) is 0 Å². The van der Waals surface area contributed by atoms with Gasteiger partial charge in [-0.25, -0.2) is 13.4 Å². The van der Waals surface area contributed by atoms with Gasteiger partial charge in [0.15, 0.2) is 0 Å². The molecule has 1 aromatic rings. The summed E-state index contributed by atoms with van der Waals surface area (Å²) in [4.78, 5) is 18.6. The van der Waals surface area contributed by atoms with Gasteiger partial charge in [-0.05, 0) is 32.7 Å². The summed E-state index contributed by atoms with van der Waals surface area (Å²) in [5.74, 6) is -0.154. The topological polar surface area (TPSA) is 81.5 Å². The van der Waals surface area contributed by atoms with E-state index in [0.717, 1.165) is 44.3 Å². The van der Waals surface area contributed by atoms with E-state index in [1.807, 2.05) is 11.5 Å². The lowest BCUT2D eigenvalue weighted by Crippen LogP contribution is -2.45. The lowest BCUT2D eigenvalue weighted by molar-refractivity contribution is -0.151. The predicted octanol–water partition coefficient (Wildman–Crippen LogP) is 2.39. The number of carbonyl (C=O) groups excluding carboxylic acids is 1. The largest absolute Gasteiger partial charge is 0.465 e. The SMILES string of the molecule is CCCCn1c(CN2CCCCC2C(=O)OCC)cnc1S(=O)(=O)CC. The Morgan fingerprint density at radius 2 is 2.08 bits per heavy atom. The first-order valence-electron chi connectivity index (χ1n) is 9.62. The van der Waals surface area contributed by atoms with Crippen LogP contribution in [0.4, 0.5) is 0 Å². The molecule has 1 aliphatic rings. The highest BCUT2D eigenvalue weighted by atomic mass is 32.2. The van der Waals surface area contributed by atoms with Crippen LogP contribution in [0.25, 0.3) is 0 Å². The second-order valence-electron chi connectivity index (χ2n) is 6.67. The van der Waals surface area contributed by atoms with Crippen LogP contribution in [0.15, 0.2) is 11.4 Å². The van der Waals surface area contributed by atoms with Crippen LogP contribution in [0.5, 0.6) is 0 Å². The molecule has 26 heavy (non-hydrogen) atoms. The number of sulfone groups is 1. The van der Waals surface area contributed by atoms with E-state index in [1.165, 1.54) is 0 Å². The van der Waals surface area contributed by atoms with E-state index < -0.39 is 9.84 Å². The first kappa shape index (κ1) is 20.9. The molecule has 0 aliphatic carbocycles. The quantitative estimate of drug-likeness (QED) is 0.607. The second-order valence-corrected chi connectivity index (χ2v) is 8.85. The molecule has 1 aromatic heterocycles. The summed E-state index contributed by atoms with van der Waals surface area (Å²) >= 11 is 0. The molecule has 1 atom stereocenters. The van der Waals surface area contributed by atoms with Gasteiger partial charge in [0, 0.05) is 13.1 Å². The van der Waals surface area contributed by atoms with Gasteiger partial charge in [-0.15, -0.1) is 0 Å². The fraction of sp³-hybridized carbons (Fsp3) is 0.778. The van der Waals surface area contributed by atoms with E-state index in [-0.39, 0.29) is 22.9 Å². The molecular formula is C18H31N3O4S. The van der Waals surface area contributed by atoms with Crippen molar-refractivity contribution in [3.05, 3.63) is 11.9 Å². The van der Waals surface area contributed by atoms with Gasteiger partial charge in [-0.2, -0.15) is 0 Å². The Balaban J connectivity index is 2.27. The third-order valence-corrected chi connectivity index (χ3v) is 6.47. The lowest BCUT2D eigenvalue weighted by atomic mass is 10.0. The van der Waals surface area contributed by atoms with Crippen LogP contribution >= 0.6 is 0 Å². The summed E-state index contributed by atoms with van der Waals surface area (Å²) < 4.78 is 31.8. The number of likely N-dealkylation sites (tertiary alicyclic amines) is 1. The standard InChI is InChI=1S/C18H31N3O4S/c1-4-7-12-21-15(13-19-18(21)26(23,24)6-3)14-20-11-9-8-10-16(20)17(22)25-5-2/h13,16H,4-12,14H2,1-3H3. The number of ether oxygens (including phenoxy) is 1. The van der Waals surface area contributed by atoms with Gasteiger partial charge >= 0.3 is 5.97 Å². The zero-order valence-electron chi connectivity index (χ0n) is 16.1. The summed E-state index contributed by atoms with van der Waals surface area (Å²) in [5.41, 5.74) is 0.849. The highest BCUT2D eigenvalue weighted by Gasteiger charge is 2.31. The molecule has 2 rings (SSSR count). The number of esters is 1. The van der Waals surface area contributed by atoms with Crippen molar-refractivity contribution in [2.75, 3.05) is 18.9 Å². The van der Waals surface area contributed by atoms with Crippen LogP contribution in [0.1, 0.15) is 58.6 Å². The molecule has 0 radical (unpaired) electrons. The minimum absolute atomic E-state index is 0.0325. The van der Waals surface area contributed by atoms with E-state index >= 15 is 0 Å². The van der Waals surface area contributed by atoms with E-state index in [1.54, 1.807) is 13.1 Å². The first-order chi connectivity index (χ1) is 12.4. The smallest absolute Gasteiger partial charge is 0.323 e. The summed E-state index contributed by atoms with van der Waals surface area (Å²) in [7, 11) is -3.38. The minimum Gasteiger partial charge on any atom is -0.465 e. The summed E-state index contributed by atoms with van der Waals surface area (Å²) in [5, 5.41) is 0.146. The zero-order chi connectivity index (χ0) is 19.2. The first-order valence-corrected chi connectivity index (χ1v) is 11.3. The van der Waals surface area contributed by atoms with Gasteiger partial charge in [-0.3, -0.25) is 9.69 Å². The molecule has 1 saturated heterocycles. The van der Waals surface area contributed by atoms with E-state index in [2.05, 4.69) is 16.8 Å². The summed E-state index contributed by atoms with van der Waals surface area (Å²) in [6.45, 7) is 7.83. The maximum atomic E-state index is 12.4. The zero-order valence-corrected chi connectivity index (χ0v) is 16.9. The number of aromatic nitrogens is 2. The second kappa shape index (κ2) is 9.50. The third-order valence-electron chi connectivity index (χ3n) is 4.83.